The van der Waals surface area contributed by atoms with Gasteiger partial charge in [-0.1, -0.05) is 173 Å². The van der Waals surface area contributed by atoms with Crippen LogP contribution in [0.15, 0.2) is 30.3 Å². The largest absolute Gasteiger partial charge is 0.381 e. The summed E-state index contributed by atoms with van der Waals surface area (Å²) >= 11 is 0. The van der Waals surface area contributed by atoms with E-state index in [1.807, 2.05) is 61.5 Å². The Bertz CT molecular complexity index is 539. The molecule has 1 aromatic carbocycles. The van der Waals surface area contributed by atoms with E-state index >= 15 is 0 Å². The zero-order chi connectivity index (χ0) is 34.8. The van der Waals surface area contributed by atoms with E-state index in [0.29, 0.717) is 5.92 Å². The fourth-order valence-electron chi connectivity index (χ4n) is 5.53. The van der Waals surface area contributed by atoms with Gasteiger partial charge in [0.25, 0.3) is 0 Å². The lowest BCUT2D eigenvalue weighted by atomic mass is 9.82. The predicted octanol–water partition coefficient (Wildman–Crippen LogP) is 13.8. The van der Waals surface area contributed by atoms with Crippen molar-refractivity contribution in [3.05, 3.63) is 35.9 Å². The zero-order valence-electron chi connectivity index (χ0n) is 33.5. The summed E-state index contributed by atoms with van der Waals surface area (Å²) in [6.45, 7) is 38.8. The van der Waals surface area contributed by atoms with Gasteiger partial charge in [-0.2, -0.15) is 0 Å². The van der Waals surface area contributed by atoms with Crippen LogP contribution in [0, 0.1) is 35.5 Å². The lowest BCUT2D eigenvalue weighted by Gasteiger charge is -2.25. The van der Waals surface area contributed by atoms with E-state index in [1.54, 1.807) is 0 Å². The second kappa shape index (κ2) is 38.3. The van der Waals surface area contributed by atoms with Crippen LogP contribution < -0.4 is 5.32 Å². The van der Waals surface area contributed by atoms with Gasteiger partial charge in [0.05, 0.1) is 0 Å². The third-order valence-electron chi connectivity index (χ3n) is 8.59. The molecule has 0 bridgehead atoms. The molecule has 2 saturated heterocycles. The van der Waals surface area contributed by atoms with Gasteiger partial charge in [0.2, 0.25) is 0 Å². The summed E-state index contributed by atoms with van der Waals surface area (Å²) in [7, 11) is 0. The minimum atomic E-state index is 0.659. The first-order valence-electron chi connectivity index (χ1n) is 19.6. The van der Waals surface area contributed by atoms with Gasteiger partial charge in [-0.05, 0) is 85.8 Å². The summed E-state index contributed by atoms with van der Waals surface area (Å²) in [6.07, 6.45) is 12.8. The van der Waals surface area contributed by atoms with Gasteiger partial charge in [0.15, 0.2) is 0 Å². The molecule has 3 fully saturated rings. The van der Waals surface area contributed by atoms with Crippen LogP contribution in [0.2, 0.25) is 0 Å². The Morgan fingerprint density at radius 3 is 1.14 bits per heavy atom. The highest BCUT2D eigenvalue weighted by atomic mass is 16.5. The van der Waals surface area contributed by atoms with Crippen LogP contribution in [0.1, 0.15) is 180 Å². The first-order valence-corrected chi connectivity index (χ1v) is 19.6. The van der Waals surface area contributed by atoms with Gasteiger partial charge >= 0.3 is 0 Å². The topological polar surface area (TPSA) is 21.3 Å². The lowest BCUT2D eigenvalue weighted by Crippen LogP contribution is -2.29. The molecule has 1 aliphatic carbocycles. The SMILES string of the molecule is CC.CC.CC.CC.CC(C)C1CCCCC1.CC(C)C1CCNCC1.CC(C)C1CCOCC1.CC(C)c1ccccc1. The van der Waals surface area contributed by atoms with Crippen molar-refractivity contribution in [1.82, 2.24) is 5.32 Å². The Kier molecular flexibility index (Phi) is 43.6. The molecule has 4 rings (SSSR count). The molecule has 44 heavy (non-hydrogen) atoms. The smallest absolute Gasteiger partial charge is 0.0468 e. The molecule has 0 radical (unpaired) electrons. The Balaban J connectivity index is -0.000000225. The monoisotopic (exact) mass is 622 g/mol. The maximum absolute atomic E-state index is 5.25. The molecule has 1 aromatic rings. The van der Waals surface area contributed by atoms with Crippen LogP contribution in [0.3, 0.4) is 0 Å². The number of piperidine rings is 1. The summed E-state index contributed by atoms with van der Waals surface area (Å²) in [5.41, 5.74) is 1.41. The van der Waals surface area contributed by atoms with Crippen LogP contribution in [0.25, 0.3) is 0 Å². The summed E-state index contributed by atoms with van der Waals surface area (Å²) in [5.74, 6) is 6.32. The van der Waals surface area contributed by atoms with Crippen LogP contribution in [0.4, 0.5) is 0 Å². The molecular formula is C42H87NO. The number of benzene rings is 1. The quantitative estimate of drug-likeness (QED) is 0.361. The van der Waals surface area contributed by atoms with Gasteiger partial charge in [-0.25, -0.2) is 0 Å². The van der Waals surface area contributed by atoms with Gasteiger partial charge in [0.1, 0.15) is 0 Å². The molecule has 0 spiro atoms. The van der Waals surface area contributed by atoms with E-state index in [0.717, 1.165) is 48.7 Å². The summed E-state index contributed by atoms with van der Waals surface area (Å²) in [4.78, 5) is 0. The molecule has 2 nitrogen and oxygen atoms in total. The molecule has 266 valence electrons. The van der Waals surface area contributed by atoms with E-state index in [2.05, 4.69) is 85.0 Å². The molecule has 2 heterocycles. The van der Waals surface area contributed by atoms with Crippen molar-refractivity contribution >= 4 is 0 Å². The Labute approximate surface area is 281 Å². The van der Waals surface area contributed by atoms with Crippen LogP contribution in [-0.4, -0.2) is 26.3 Å². The highest BCUT2D eigenvalue weighted by Gasteiger charge is 2.17. The van der Waals surface area contributed by atoms with E-state index in [1.165, 1.54) is 76.4 Å². The van der Waals surface area contributed by atoms with Gasteiger partial charge < -0.3 is 10.1 Å². The van der Waals surface area contributed by atoms with Crippen LogP contribution in [-0.2, 0) is 4.74 Å². The molecule has 3 aliphatic rings. The number of hydrogen-bond donors (Lipinski definition) is 1. The highest BCUT2D eigenvalue weighted by Crippen LogP contribution is 2.29. The van der Waals surface area contributed by atoms with Crippen molar-refractivity contribution in [3.8, 4) is 0 Å². The van der Waals surface area contributed by atoms with Crippen molar-refractivity contribution in [1.29, 1.82) is 0 Å². The summed E-state index contributed by atoms with van der Waals surface area (Å²) < 4.78 is 5.25. The second-order valence-corrected chi connectivity index (χ2v) is 12.7. The number of nitrogens with one attached hydrogen (secondary N) is 1. The van der Waals surface area contributed by atoms with Crippen LogP contribution in [0.5, 0.6) is 0 Å². The van der Waals surface area contributed by atoms with Gasteiger partial charge in [0, 0.05) is 13.2 Å². The van der Waals surface area contributed by atoms with Crippen molar-refractivity contribution in [3.63, 3.8) is 0 Å². The zero-order valence-corrected chi connectivity index (χ0v) is 33.5. The molecule has 2 heteroatoms. The normalized spacial score (nSPS) is 16.7. The molecule has 0 atom stereocenters. The maximum Gasteiger partial charge on any atom is 0.0468 e. The van der Waals surface area contributed by atoms with Crippen molar-refractivity contribution in [2.45, 2.75) is 174 Å². The molecule has 1 N–H and O–H groups in total. The number of rotatable bonds is 4. The summed E-state index contributed by atoms with van der Waals surface area (Å²) in [6, 6.07) is 10.5. The fourth-order valence-corrected chi connectivity index (χ4v) is 5.53. The minimum absolute atomic E-state index is 0.659. The third-order valence-corrected chi connectivity index (χ3v) is 8.59. The number of hydrogen-bond acceptors (Lipinski definition) is 2. The van der Waals surface area contributed by atoms with E-state index in [4.69, 9.17) is 4.74 Å². The Morgan fingerprint density at radius 1 is 0.500 bits per heavy atom. The average Bonchev–Trinajstić information content (AvgIpc) is 3.11. The van der Waals surface area contributed by atoms with Crippen molar-refractivity contribution in [2.24, 2.45) is 35.5 Å². The minimum Gasteiger partial charge on any atom is -0.381 e. The third kappa shape index (κ3) is 29.8. The molecule has 0 amide bonds. The molecule has 2 aliphatic heterocycles. The molecular weight excluding hydrogens is 534 g/mol. The molecule has 0 unspecified atom stereocenters. The standard InChI is InChI=1S/C9H18.C9H12.C8H17N.C8H16O.4C2H6/c2*1-8(2)9-6-4-3-5-7-9;2*1-7(2)8-3-5-9-6-4-8;4*1-2/h8-9H,3-7H2,1-2H3;3-8H,1-2H3;7-9H,3-6H2,1-2H3;7-8H,3-6H2,1-2H3;4*1-2H3. The first-order chi connectivity index (χ1) is 21.2. The Morgan fingerprint density at radius 2 is 0.864 bits per heavy atom. The predicted molar refractivity (Wildman–Crippen MR) is 206 cm³/mol. The van der Waals surface area contributed by atoms with E-state index < -0.39 is 0 Å². The van der Waals surface area contributed by atoms with E-state index in [-0.39, 0.29) is 0 Å². The lowest BCUT2D eigenvalue weighted by molar-refractivity contribution is 0.0523. The Hall–Kier alpha value is -0.860. The van der Waals surface area contributed by atoms with E-state index in [9.17, 15) is 0 Å². The molecule has 1 saturated carbocycles. The van der Waals surface area contributed by atoms with Gasteiger partial charge in [-0.15, -0.1) is 0 Å². The molecule has 0 aromatic heterocycles. The fraction of sp³-hybridized carbons (Fsp3) is 0.857. The highest BCUT2D eigenvalue weighted by molar-refractivity contribution is 5.17. The van der Waals surface area contributed by atoms with Gasteiger partial charge in [-0.3, -0.25) is 0 Å². The second-order valence-electron chi connectivity index (χ2n) is 12.7. The number of ether oxygens (including phenoxy) is 1. The maximum atomic E-state index is 5.25. The van der Waals surface area contributed by atoms with Crippen molar-refractivity contribution in [2.75, 3.05) is 26.3 Å². The van der Waals surface area contributed by atoms with Crippen LogP contribution >= 0.6 is 0 Å². The first kappa shape index (κ1) is 50.0. The summed E-state index contributed by atoms with van der Waals surface area (Å²) in [5, 5.41) is 3.37. The average molecular weight is 622 g/mol. The van der Waals surface area contributed by atoms with Crippen molar-refractivity contribution < 1.29 is 4.74 Å².